The van der Waals surface area contributed by atoms with Crippen molar-refractivity contribution in [2.75, 3.05) is 22.1 Å². The highest BCUT2D eigenvalue weighted by molar-refractivity contribution is 6.00. The average Bonchev–Trinajstić information content (AvgIpc) is 3.21. The summed E-state index contributed by atoms with van der Waals surface area (Å²) in [5.41, 5.74) is 5.54. The normalized spacial score (nSPS) is 17.6. The number of rotatable bonds is 5. The fraction of sp³-hybridized carbons (Fsp3) is 0.385. The van der Waals surface area contributed by atoms with Gasteiger partial charge in [0.2, 0.25) is 5.91 Å². The molecule has 8 heteroatoms. The smallest absolute Gasteiger partial charge is 0.264 e. The summed E-state index contributed by atoms with van der Waals surface area (Å²) >= 11 is 0. The molecular weight excluding hydrogens is 436 g/mol. The molecule has 2 aromatic carbocycles. The Bertz CT molecular complexity index is 1230. The van der Waals surface area contributed by atoms with Crippen LogP contribution in [-0.4, -0.2) is 28.3 Å². The third kappa shape index (κ3) is 4.13. The van der Waals surface area contributed by atoms with Gasteiger partial charge >= 0.3 is 0 Å². The quantitative estimate of drug-likeness (QED) is 0.441. The van der Waals surface area contributed by atoms with Crippen molar-refractivity contribution in [1.82, 2.24) is 9.78 Å². The molecule has 2 aliphatic rings. The highest BCUT2D eigenvalue weighted by atomic mass is 19.3. The molecule has 1 aromatic heterocycles. The summed E-state index contributed by atoms with van der Waals surface area (Å²) in [6.45, 7) is 5.49. The van der Waals surface area contributed by atoms with E-state index in [1.165, 1.54) is 0 Å². The molecule has 0 fully saturated rings. The van der Waals surface area contributed by atoms with Crippen LogP contribution in [0.2, 0.25) is 0 Å². The summed E-state index contributed by atoms with van der Waals surface area (Å²) in [5.74, 6) is -0.0387. The lowest BCUT2D eigenvalue weighted by atomic mass is 9.92. The van der Waals surface area contributed by atoms with Crippen LogP contribution in [0, 0.1) is 0 Å². The number of aromatic nitrogens is 2. The molecule has 0 bridgehead atoms. The molecule has 0 saturated heterocycles. The largest absolute Gasteiger partial charge is 0.379 e. The molecule has 0 unspecified atom stereocenters. The average molecular weight is 470 g/mol. The molecule has 3 heterocycles. The van der Waals surface area contributed by atoms with Gasteiger partial charge in [0.25, 0.3) is 6.43 Å². The maximum absolute atomic E-state index is 14.3. The van der Waals surface area contributed by atoms with E-state index in [9.17, 15) is 13.6 Å². The number of aryl methyl sites for hydroxylation is 2. The van der Waals surface area contributed by atoms with Gasteiger partial charge in [-0.1, -0.05) is 13.0 Å². The first kappa shape index (κ1) is 22.4. The van der Waals surface area contributed by atoms with Crippen LogP contribution < -0.4 is 15.5 Å². The predicted octanol–water partition coefficient (Wildman–Crippen LogP) is 6.62. The van der Waals surface area contributed by atoms with Crippen LogP contribution in [0.1, 0.15) is 53.5 Å². The van der Waals surface area contributed by atoms with Crippen LogP contribution in [0.3, 0.4) is 0 Å². The number of fused-ring (bicyclic) bond motifs is 2. The van der Waals surface area contributed by atoms with Crippen molar-refractivity contribution in [3.63, 3.8) is 0 Å². The molecule has 0 aliphatic carbocycles. The number of para-hydroxylation sites is 1. The van der Waals surface area contributed by atoms with E-state index in [0.29, 0.717) is 24.2 Å². The second-order valence-corrected chi connectivity index (χ2v) is 9.11. The van der Waals surface area contributed by atoms with Crippen molar-refractivity contribution in [3.8, 4) is 11.1 Å². The second kappa shape index (κ2) is 9.08. The molecule has 2 N–H and O–H groups in total. The molecular formula is C26H33F2N5O. The predicted molar refractivity (Wildman–Crippen MR) is 135 cm³/mol. The van der Waals surface area contributed by atoms with E-state index >= 15 is 0 Å². The van der Waals surface area contributed by atoms with Crippen molar-refractivity contribution in [1.29, 1.82) is 0 Å². The van der Waals surface area contributed by atoms with Gasteiger partial charge in [-0.3, -0.25) is 9.48 Å². The number of anilines is 4. The first-order valence-corrected chi connectivity index (χ1v) is 11.9. The summed E-state index contributed by atoms with van der Waals surface area (Å²) in [7, 11) is 0. The highest BCUT2D eigenvalue weighted by Crippen LogP contribution is 2.45. The SMILES string of the molecule is CCCn1cc(-c2cc3c(cc2C(F)F)N(c2cccc4c2N[C@@H](C)CC(=O)N4)CCC3)cn1.[HH].[HH]. The van der Waals surface area contributed by atoms with E-state index in [4.69, 9.17) is 0 Å². The fourth-order valence-corrected chi connectivity index (χ4v) is 4.98. The maximum Gasteiger partial charge on any atom is 0.264 e. The van der Waals surface area contributed by atoms with Gasteiger partial charge in [-0.15, -0.1) is 0 Å². The molecule has 3 aromatic rings. The highest BCUT2D eigenvalue weighted by Gasteiger charge is 2.28. The molecule has 1 atom stereocenters. The number of hydrogen-bond acceptors (Lipinski definition) is 4. The number of benzene rings is 2. The number of nitrogens with zero attached hydrogens (tertiary/aromatic N) is 3. The molecule has 0 spiro atoms. The van der Waals surface area contributed by atoms with Gasteiger partial charge in [0.15, 0.2) is 0 Å². The molecule has 0 saturated carbocycles. The first-order chi connectivity index (χ1) is 16.4. The van der Waals surface area contributed by atoms with Gasteiger partial charge in [-0.05, 0) is 61.6 Å². The van der Waals surface area contributed by atoms with Gasteiger partial charge in [-0.25, -0.2) is 8.78 Å². The summed E-state index contributed by atoms with van der Waals surface area (Å²) < 4.78 is 30.4. The standard InChI is InChI=1S/C26H29F2N5O.2H2/c1-3-9-32-15-18(14-29-32)19-12-17-6-5-10-33(23(17)13-20(19)26(27)28)22-8-4-7-21-25(22)30-16(2)11-24(34)31-21;;/h4,7-8,12-16,26,30H,3,5-6,9-11H2,1-2H3,(H,31,34);2*1H/t16-;;/m0../s1. The van der Waals surface area contributed by atoms with E-state index in [1.54, 1.807) is 16.9 Å². The number of amides is 1. The van der Waals surface area contributed by atoms with Crippen LogP contribution in [0.5, 0.6) is 0 Å². The minimum Gasteiger partial charge on any atom is -0.379 e. The van der Waals surface area contributed by atoms with Crippen LogP contribution in [0.25, 0.3) is 11.1 Å². The molecule has 0 radical (unpaired) electrons. The molecule has 1 amide bonds. The summed E-state index contributed by atoms with van der Waals surface area (Å²) in [4.78, 5) is 14.3. The Morgan fingerprint density at radius 1 is 1.26 bits per heavy atom. The lowest BCUT2D eigenvalue weighted by molar-refractivity contribution is -0.116. The molecule has 182 valence electrons. The number of halogens is 2. The van der Waals surface area contributed by atoms with Crippen LogP contribution in [0.15, 0.2) is 42.7 Å². The van der Waals surface area contributed by atoms with Crippen LogP contribution in [0.4, 0.5) is 31.5 Å². The van der Waals surface area contributed by atoms with Crippen molar-refractivity contribution in [3.05, 3.63) is 53.9 Å². The van der Waals surface area contributed by atoms with Gasteiger partial charge in [0, 0.05) is 51.4 Å². The van der Waals surface area contributed by atoms with Crippen LogP contribution in [-0.2, 0) is 17.8 Å². The second-order valence-electron chi connectivity index (χ2n) is 9.11. The van der Waals surface area contributed by atoms with E-state index in [1.807, 2.05) is 37.4 Å². The Balaban J connectivity index is 0.00000180. The van der Waals surface area contributed by atoms with Gasteiger partial charge in [0.1, 0.15) is 0 Å². The lowest BCUT2D eigenvalue weighted by Crippen LogP contribution is -2.26. The Hall–Kier alpha value is -3.42. The first-order valence-electron chi connectivity index (χ1n) is 11.9. The number of carbonyl (C=O) groups excluding carboxylic acids is 1. The third-order valence-electron chi connectivity index (χ3n) is 6.49. The van der Waals surface area contributed by atoms with Crippen LogP contribution >= 0.6 is 0 Å². The Labute approximate surface area is 200 Å². The van der Waals surface area contributed by atoms with Crippen molar-refractivity contribution in [2.24, 2.45) is 0 Å². The zero-order valence-electron chi connectivity index (χ0n) is 19.4. The number of hydrogen-bond donors (Lipinski definition) is 2. The van der Waals surface area contributed by atoms with Gasteiger partial charge in [-0.2, -0.15) is 5.10 Å². The van der Waals surface area contributed by atoms with Crippen molar-refractivity contribution < 1.29 is 16.4 Å². The van der Waals surface area contributed by atoms with E-state index < -0.39 is 6.43 Å². The zero-order chi connectivity index (χ0) is 23.8. The topological polar surface area (TPSA) is 62.2 Å². The van der Waals surface area contributed by atoms with Gasteiger partial charge < -0.3 is 15.5 Å². The fourth-order valence-electron chi connectivity index (χ4n) is 4.98. The molecule has 2 aliphatic heterocycles. The number of carbonyl (C=O) groups is 1. The summed E-state index contributed by atoms with van der Waals surface area (Å²) in [5, 5.41) is 10.8. The van der Waals surface area contributed by atoms with Crippen molar-refractivity contribution in [2.45, 2.75) is 58.5 Å². The monoisotopic (exact) mass is 469 g/mol. The minimum atomic E-state index is -2.61. The van der Waals surface area contributed by atoms with E-state index in [0.717, 1.165) is 54.0 Å². The lowest BCUT2D eigenvalue weighted by Gasteiger charge is -2.34. The maximum atomic E-state index is 14.3. The van der Waals surface area contributed by atoms with Crippen molar-refractivity contribution >= 4 is 28.7 Å². The molecule has 6 nitrogen and oxygen atoms in total. The summed E-state index contributed by atoms with van der Waals surface area (Å²) in [6, 6.07) is 9.26. The third-order valence-corrected chi connectivity index (χ3v) is 6.49. The number of nitrogens with one attached hydrogen (secondary N) is 2. The van der Waals surface area contributed by atoms with E-state index in [2.05, 4.69) is 27.6 Å². The Morgan fingerprint density at radius 3 is 2.91 bits per heavy atom. The van der Waals surface area contributed by atoms with E-state index in [-0.39, 0.29) is 20.4 Å². The number of alkyl halides is 2. The van der Waals surface area contributed by atoms with Gasteiger partial charge in [0.05, 0.1) is 23.3 Å². The molecule has 5 rings (SSSR count). The Kier molecular flexibility index (Phi) is 5.98. The molecule has 34 heavy (non-hydrogen) atoms. The Morgan fingerprint density at radius 2 is 2.12 bits per heavy atom. The minimum absolute atomic E-state index is 0. The summed E-state index contributed by atoms with van der Waals surface area (Å²) in [6.07, 6.45) is 3.94. The zero-order valence-corrected chi connectivity index (χ0v) is 19.4.